The summed E-state index contributed by atoms with van der Waals surface area (Å²) in [5, 5.41) is 4.86. The maximum atomic E-state index is 13.9. The smallest absolute Gasteiger partial charge is 0.340 e. The van der Waals surface area contributed by atoms with Gasteiger partial charge in [-0.15, -0.1) is 11.3 Å². The van der Waals surface area contributed by atoms with E-state index in [0.717, 1.165) is 29.3 Å². The Morgan fingerprint density at radius 1 is 1.18 bits per heavy atom. The van der Waals surface area contributed by atoms with Gasteiger partial charge in [-0.1, -0.05) is 23.8 Å². The van der Waals surface area contributed by atoms with Crippen LogP contribution in [0.15, 0.2) is 41.8 Å². The molecule has 5 nitrogen and oxygen atoms in total. The Morgan fingerprint density at radius 2 is 1.96 bits per heavy atom. The van der Waals surface area contributed by atoms with Gasteiger partial charge in [0.05, 0.1) is 30.5 Å². The van der Waals surface area contributed by atoms with E-state index in [1.807, 2.05) is 31.2 Å². The summed E-state index contributed by atoms with van der Waals surface area (Å²) in [6.07, 6.45) is -0.0906. The minimum absolute atomic E-state index is 0.0906. The molecule has 0 bridgehead atoms. The van der Waals surface area contributed by atoms with Gasteiger partial charge >= 0.3 is 5.97 Å². The van der Waals surface area contributed by atoms with Gasteiger partial charge in [-0.3, -0.25) is 4.79 Å². The topological polar surface area (TPSA) is 68.3 Å². The molecule has 0 aliphatic rings. The van der Waals surface area contributed by atoms with Gasteiger partial charge < -0.3 is 10.1 Å². The summed E-state index contributed by atoms with van der Waals surface area (Å²) in [7, 11) is 1.08. The second-order valence-electron chi connectivity index (χ2n) is 6.04. The van der Waals surface area contributed by atoms with Crippen LogP contribution in [0.25, 0.3) is 10.6 Å². The van der Waals surface area contributed by atoms with Crippen LogP contribution in [0.2, 0.25) is 0 Å². The monoisotopic (exact) mass is 402 g/mol. The van der Waals surface area contributed by atoms with Gasteiger partial charge in [-0.2, -0.15) is 0 Å². The molecule has 1 heterocycles. The third-order valence-corrected chi connectivity index (χ3v) is 4.83. The number of amides is 1. The van der Waals surface area contributed by atoms with Crippen molar-refractivity contribution in [3.05, 3.63) is 70.2 Å². The molecule has 0 fully saturated rings. The Morgan fingerprint density at radius 3 is 2.68 bits per heavy atom. The molecule has 0 atom stereocenters. The highest BCUT2D eigenvalue weighted by Gasteiger charge is 2.18. The predicted molar refractivity (Wildman–Crippen MR) is 102 cm³/mol. The molecule has 1 aromatic heterocycles. The molecule has 0 radical (unpaired) electrons. The molecule has 8 heteroatoms. The van der Waals surface area contributed by atoms with Crippen molar-refractivity contribution < 1.29 is 23.1 Å². The van der Waals surface area contributed by atoms with E-state index in [-0.39, 0.29) is 12.1 Å². The molecule has 28 heavy (non-hydrogen) atoms. The summed E-state index contributed by atoms with van der Waals surface area (Å²) < 4.78 is 32.1. The molecular weight excluding hydrogens is 386 g/mol. The van der Waals surface area contributed by atoms with Crippen molar-refractivity contribution in [2.45, 2.75) is 13.3 Å². The van der Waals surface area contributed by atoms with Gasteiger partial charge in [0.1, 0.15) is 16.6 Å². The lowest BCUT2D eigenvalue weighted by Gasteiger charge is -2.08. The van der Waals surface area contributed by atoms with Crippen LogP contribution in [-0.2, 0) is 16.0 Å². The number of nitrogens with zero attached hydrogens (tertiary/aromatic N) is 1. The van der Waals surface area contributed by atoms with E-state index in [2.05, 4.69) is 15.0 Å². The van der Waals surface area contributed by atoms with E-state index < -0.39 is 29.1 Å². The quantitative estimate of drug-likeness (QED) is 0.644. The lowest BCUT2D eigenvalue weighted by molar-refractivity contribution is -0.115. The van der Waals surface area contributed by atoms with E-state index in [1.54, 1.807) is 5.38 Å². The molecule has 3 rings (SSSR count). The average molecular weight is 402 g/mol. The van der Waals surface area contributed by atoms with Crippen molar-refractivity contribution in [2.24, 2.45) is 0 Å². The molecule has 0 aliphatic heterocycles. The van der Waals surface area contributed by atoms with Crippen molar-refractivity contribution in [1.29, 1.82) is 0 Å². The van der Waals surface area contributed by atoms with Crippen LogP contribution in [0.4, 0.5) is 14.5 Å². The van der Waals surface area contributed by atoms with Gasteiger partial charge in [0.2, 0.25) is 5.91 Å². The maximum absolute atomic E-state index is 13.9. The van der Waals surface area contributed by atoms with Crippen molar-refractivity contribution in [2.75, 3.05) is 12.4 Å². The Bertz CT molecular complexity index is 1050. The van der Waals surface area contributed by atoms with E-state index in [9.17, 15) is 18.4 Å². The van der Waals surface area contributed by atoms with Crippen molar-refractivity contribution in [3.63, 3.8) is 0 Å². The molecule has 0 unspecified atom stereocenters. The number of benzene rings is 2. The Balaban J connectivity index is 1.74. The fourth-order valence-corrected chi connectivity index (χ4v) is 3.39. The number of esters is 1. The highest BCUT2D eigenvalue weighted by molar-refractivity contribution is 7.13. The lowest BCUT2D eigenvalue weighted by Crippen LogP contribution is -2.17. The molecule has 144 valence electrons. The number of carbonyl (C=O) groups excluding carboxylic acids is 2. The number of carbonyl (C=O) groups is 2. The molecule has 0 saturated heterocycles. The summed E-state index contributed by atoms with van der Waals surface area (Å²) in [6.45, 7) is 1.98. The van der Waals surface area contributed by atoms with Crippen LogP contribution in [0.3, 0.4) is 0 Å². The summed E-state index contributed by atoms with van der Waals surface area (Å²) in [5.74, 6) is -3.56. The highest BCUT2D eigenvalue weighted by Crippen LogP contribution is 2.25. The van der Waals surface area contributed by atoms with Crippen LogP contribution >= 0.6 is 11.3 Å². The summed E-state index contributed by atoms with van der Waals surface area (Å²) >= 11 is 1.40. The number of aromatic nitrogens is 1. The molecule has 3 aromatic rings. The summed E-state index contributed by atoms with van der Waals surface area (Å²) in [6, 6.07) is 9.26. The van der Waals surface area contributed by atoms with E-state index >= 15 is 0 Å². The van der Waals surface area contributed by atoms with Crippen LogP contribution in [0.5, 0.6) is 0 Å². The SMILES string of the molecule is COC(=O)c1cc(NC(=O)Cc2csc(-c3cccc(C)c3)n2)c(F)cc1F. The predicted octanol–water partition coefficient (Wildman–Crippen LogP) is 4.36. The van der Waals surface area contributed by atoms with Gasteiger partial charge in [0.25, 0.3) is 0 Å². The fraction of sp³-hybridized carbons (Fsp3) is 0.150. The molecule has 0 saturated carbocycles. The maximum Gasteiger partial charge on any atom is 0.340 e. The van der Waals surface area contributed by atoms with Gasteiger partial charge in [0.15, 0.2) is 0 Å². The highest BCUT2D eigenvalue weighted by atomic mass is 32.1. The number of anilines is 1. The zero-order valence-electron chi connectivity index (χ0n) is 15.1. The van der Waals surface area contributed by atoms with Crippen molar-refractivity contribution >= 4 is 28.9 Å². The molecule has 0 aliphatic carbocycles. The first kappa shape index (κ1) is 19.6. The van der Waals surface area contributed by atoms with E-state index in [1.165, 1.54) is 11.3 Å². The van der Waals surface area contributed by atoms with E-state index in [4.69, 9.17) is 0 Å². The van der Waals surface area contributed by atoms with Crippen LogP contribution in [0, 0.1) is 18.6 Å². The molecular formula is C20H16F2N2O3S. The molecule has 1 amide bonds. The first-order valence-corrected chi connectivity index (χ1v) is 9.14. The Hall–Kier alpha value is -3.13. The Labute approximate surface area is 164 Å². The van der Waals surface area contributed by atoms with Crippen LogP contribution in [-0.4, -0.2) is 24.0 Å². The van der Waals surface area contributed by atoms with Crippen molar-refractivity contribution in [1.82, 2.24) is 4.98 Å². The van der Waals surface area contributed by atoms with Crippen LogP contribution in [0.1, 0.15) is 21.6 Å². The number of hydrogen-bond acceptors (Lipinski definition) is 5. The third kappa shape index (κ3) is 4.40. The number of hydrogen-bond donors (Lipinski definition) is 1. The number of nitrogens with one attached hydrogen (secondary N) is 1. The zero-order valence-corrected chi connectivity index (χ0v) is 15.9. The lowest BCUT2D eigenvalue weighted by atomic mass is 10.1. The standard InChI is InChI=1S/C20H16F2N2O3S/c1-11-4-3-5-12(6-11)19-23-13(10-28-19)7-18(25)24-17-8-14(20(26)27-2)15(21)9-16(17)22/h3-6,8-10H,7H2,1-2H3,(H,24,25). The number of methoxy groups -OCH3 is 1. The molecule has 0 spiro atoms. The summed E-state index contributed by atoms with van der Waals surface area (Å²) in [4.78, 5) is 28.2. The zero-order chi connectivity index (χ0) is 20.3. The van der Waals surface area contributed by atoms with E-state index in [0.29, 0.717) is 11.8 Å². The third-order valence-electron chi connectivity index (χ3n) is 3.89. The Kier molecular flexibility index (Phi) is 5.79. The second-order valence-corrected chi connectivity index (χ2v) is 6.90. The minimum atomic E-state index is -1.07. The first-order chi connectivity index (χ1) is 13.4. The number of thiazole rings is 1. The molecule has 1 N–H and O–H groups in total. The second kappa shape index (κ2) is 8.26. The largest absolute Gasteiger partial charge is 0.465 e. The normalized spacial score (nSPS) is 10.6. The minimum Gasteiger partial charge on any atom is -0.465 e. The van der Waals surface area contributed by atoms with Crippen LogP contribution < -0.4 is 5.32 Å². The van der Waals surface area contributed by atoms with Gasteiger partial charge in [-0.25, -0.2) is 18.6 Å². The number of ether oxygens (including phenoxy) is 1. The first-order valence-electron chi connectivity index (χ1n) is 8.26. The van der Waals surface area contributed by atoms with Crippen molar-refractivity contribution in [3.8, 4) is 10.6 Å². The van der Waals surface area contributed by atoms with Gasteiger partial charge in [-0.05, 0) is 19.1 Å². The fourth-order valence-electron chi connectivity index (χ4n) is 2.57. The number of rotatable bonds is 5. The average Bonchev–Trinajstić information content (AvgIpc) is 3.11. The summed E-state index contributed by atoms with van der Waals surface area (Å²) in [5.41, 5.74) is 1.80. The number of aryl methyl sites for hydroxylation is 1. The number of halogens is 2. The molecule has 2 aromatic carbocycles. The van der Waals surface area contributed by atoms with Gasteiger partial charge in [0, 0.05) is 17.0 Å².